The summed E-state index contributed by atoms with van der Waals surface area (Å²) in [7, 11) is 0. The van der Waals surface area contributed by atoms with Crippen LogP contribution in [0.3, 0.4) is 0 Å². The van der Waals surface area contributed by atoms with E-state index >= 15 is 0 Å². The number of hydrogen-bond acceptors (Lipinski definition) is 1. The zero-order chi connectivity index (χ0) is 6.57. The summed E-state index contributed by atoms with van der Waals surface area (Å²) in [6, 6.07) is 0. The fourth-order valence-corrected chi connectivity index (χ4v) is 0.827. The first kappa shape index (κ1) is 8.25. The molecule has 0 rings (SSSR count). The Bertz CT molecular complexity index is 54.5. The summed E-state index contributed by atoms with van der Waals surface area (Å²) in [5.41, 5.74) is 5.32. The molecule has 0 bridgehead atoms. The topological polar surface area (TPSA) is 26.0 Å². The predicted octanol–water partition coefficient (Wildman–Crippen LogP) is 1.56. The van der Waals surface area contributed by atoms with E-state index in [0.29, 0.717) is 6.54 Å². The Morgan fingerprint density at radius 1 is 1.75 bits per heavy atom. The zero-order valence-corrected chi connectivity index (χ0v) is 6.20. The van der Waals surface area contributed by atoms with E-state index in [0.717, 1.165) is 6.42 Å². The maximum atomic E-state index is 5.67. The molecule has 1 radical (unpaired) electrons. The van der Waals surface area contributed by atoms with Gasteiger partial charge in [0.05, 0.1) is 0 Å². The number of alkyl halides is 1. The molecule has 0 aliphatic carbocycles. The Kier molecular flexibility index (Phi) is 4.29. The fourth-order valence-electron chi connectivity index (χ4n) is 0.564. The van der Waals surface area contributed by atoms with Crippen molar-refractivity contribution in [1.82, 2.24) is 0 Å². The van der Waals surface area contributed by atoms with Crippen molar-refractivity contribution < 1.29 is 0 Å². The van der Waals surface area contributed by atoms with Crippen LogP contribution in [0.5, 0.6) is 0 Å². The fraction of sp³-hybridized carbons (Fsp3) is 0.833. The lowest BCUT2D eigenvalue weighted by atomic mass is 10.1. The van der Waals surface area contributed by atoms with Crippen LogP contribution in [-0.4, -0.2) is 11.9 Å². The van der Waals surface area contributed by atoms with E-state index in [1.807, 2.05) is 13.8 Å². The molecule has 0 aliphatic rings. The monoisotopic (exact) mass is 134 g/mol. The molecule has 0 aromatic carbocycles. The van der Waals surface area contributed by atoms with E-state index in [2.05, 4.69) is 0 Å². The van der Waals surface area contributed by atoms with Crippen molar-refractivity contribution in [3.8, 4) is 0 Å². The van der Waals surface area contributed by atoms with E-state index in [4.69, 9.17) is 17.3 Å². The molecule has 1 atom stereocenters. The Hall–Kier alpha value is 0.250. The highest BCUT2D eigenvalue weighted by molar-refractivity contribution is 6.20. The number of hydrogen-bond donors (Lipinski definition) is 1. The lowest BCUT2D eigenvalue weighted by Crippen LogP contribution is -2.11. The second-order valence-electron chi connectivity index (χ2n) is 2.15. The van der Waals surface area contributed by atoms with Crippen LogP contribution >= 0.6 is 11.6 Å². The lowest BCUT2D eigenvalue weighted by Gasteiger charge is -2.07. The molecule has 1 unspecified atom stereocenters. The van der Waals surface area contributed by atoms with Crippen molar-refractivity contribution >= 4 is 11.6 Å². The lowest BCUT2D eigenvalue weighted by molar-refractivity contribution is 0.774. The Morgan fingerprint density at radius 2 is 2.25 bits per heavy atom. The molecule has 0 aromatic heterocycles. The summed E-state index contributed by atoms with van der Waals surface area (Å²) in [4.78, 5) is 0. The summed E-state index contributed by atoms with van der Waals surface area (Å²) in [6.45, 7) is 4.66. The molecule has 8 heavy (non-hydrogen) atoms. The van der Waals surface area contributed by atoms with Crippen LogP contribution in [0.2, 0.25) is 0 Å². The first-order valence-corrected chi connectivity index (χ1v) is 3.26. The molecule has 0 saturated carbocycles. The number of rotatable bonds is 3. The van der Waals surface area contributed by atoms with Crippen molar-refractivity contribution in [1.29, 1.82) is 0 Å². The van der Waals surface area contributed by atoms with Crippen molar-refractivity contribution in [3.05, 3.63) is 5.92 Å². The third kappa shape index (κ3) is 4.41. The molecule has 0 fully saturated rings. The van der Waals surface area contributed by atoms with E-state index in [1.165, 1.54) is 5.92 Å². The Labute approximate surface area is 56.2 Å². The maximum Gasteiger partial charge on any atom is 0.0313 e. The van der Waals surface area contributed by atoms with Crippen LogP contribution < -0.4 is 5.73 Å². The van der Waals surface area contributed by atoms with Gasteiger partial charge in [-0.25, -0.2) is 0 Å². The van der Waals surface area contributed by atoms with Gasteiger partial charge < -0.3 is 5.73 Å². The summed E-state index contributed by atoms with van der Waals surface area (Å²) in [6.07, 6.45) is 0.943. The standard InChI is InChI=1S/C6H13ClN/c1-5(4-8)3-6(2)7/h6H,3-4,8H2,1-2H3. The van der Waals surface area contributed by atoms with Crippen LogP contribution in [0.1, 0.15) is 20.3 Å². The molecule has 0 saturated heterocycles. The van der Waals surface area contributed by atoms with Crippen molar-refractivity contribution in [3.63, 3.8) is 0 Å². The van der Waals surface area contributed by atoms with Gasteiger partial charge in [-0.2, -0.15) is 0 Å². The molecular formula is C6H13ClN. The van der Waals surface area contributed by atoms with Crippen LogP contribution in [0.15, 0.2) is 0 Å². The Morgan fingerprint density at radius 3 is 2.38 bits per heavy atom. The van der Waals surface area contributed by atoms with Crippen molar-refractivity contribution in [2.75, 3.05) is 6.54 Å². The van der Waals surface area contributed by atoms with Gasteiger partial charge in [-0.1, -0.05) is 6.92 Å². The van der Waals surface area contributed by atoms with Crippen LogP contribution in [0.25, 0.3) is 0 Å². The van der Waals surface area contributed by atoms with Gasteiger partial charge in [-0.05, 0) is 25.8 Å². The average Bonchev–Trinajstić information content (AvgIpc) is 1.65. The largest absolute Gasteiger partial charge is 0.330 e. The van der Waals surface area contributed by atoms with Crippen LogP contribution in [0.4, 0.5) is 0 Å². The highest BCUT2D eigenvalue weighted by Gasteiger charge is 2.02. The minimum Gasteiger partial charge on any atom is -0.330 e. The second kappa shape index (κ2) is 4.16. The minimum atomic E-state index is 0.235. The highest BCUT2D eigenvalue weighted by Crippen LogP contribution is 2.09. The average molecular weight is 135 g/mol. The summed E-state index contributed by atoms with van der Waals surface area (Å²) >= 11 is 5.67. The summed E-state index contributed by atoms with van der Waals surface area (Å²) in [5.74, 6) is 1.27. The zero-order valence-electron chi connectivity index (χ0n) is 5.45. The van der Waals surface area contributed by atoms with Crippen LogP contribution in [-0.2, 0) is 0 Å². The SMILES string of the molecule is C[C](CN)CC(C)Cl. The van der Waals surface area contributed by atoms with Crippen LogP contribution in [0, 0.1) is 5.92 Å². The van der Waals surface area contributed by atoms with Gasteiger partial charge in [0, 0.05) is 5.38 Å². The molecule has 0 aromatic rings. The smallest absolute Gasteiger partial charge is 0.0313 e. The first-order chi connectivity index (χ1) is 3.66. The third-order valence-electron chi connectivity index (χ3n) is 0.978. The van der Waals surface area contributed by atoms with E-state index in [1.54, 1.807) is 0 Å². The molecule has 2 N–H and O–H groups in total. The normalized spacial score (nSPS) is 14.6. The van der Waals surface area contributed by atoms with E-state index in [-0.39, 0.29) is 5.38 Å². The quantitative estimate of drug-likeness (QED) is 0.583. The molecule has 0 heterocycles. The van der Waals surface area contributed by atoms with Gasteiger partial charge in [0.15, 0.2) is 0 Å². The minimum absolute atomic E-state index is 0.235. The number of halogens is 1. The highest BCUT2D eigenvalue weighted by atomic mass is 35.5. The Balaban J connectivity index is 3.10. The number of nitrogens with two attached hydrogens (primary N) is 1. The van der Waals surface area contributed by atoms with Crippen molar-refractivity contribution in [2.45, 2.75) is 25.6 Å². The second-order valence-corrected chi connectivity index (χ2v) is 2.89. The van der Waals surface area contributed by atoms with Gasteiger partial charge in [-0.15, -0.1) is 11.6 Å². The molecule has 0 aliphatic heterocycles. The summed E-state index contributed by atoms with van der Waals surface area (Å²) in [5, 5.41) is 0.235. The summed E-state index contributed by atoms with van der Waals surface area (Å²) < 4.78 is 0. The molecule has 49 valence electrons. The van der Waals surface area contributed by atoms with Gasteiger partial charge in [0.25, 0.3) is 0 Å². The third-order valence-corrected chi connectivity index (χ3v) is 1.13. The molecule has 1 nitrogen and oxygen atoms in total. The predicted molar refractivity (Wildman–Crippen MR) is 37.9 cm³/mol. The first-order valence-electron chi connectivity index (χ1n) is 2.82. The van der Waals surface area contributed by atoms with Gasteiger partial charge in [0.2, 0.25) is 0 Å². The maximum absolute atomic E-state index is 5.67. The van der Waals surface area contributed by atoms with E-state index < -0.39 is 0 Å². The molecule has 2 heteroatoms. The van der Waals surface area contributed by atoms with Crippen molar-refractivity contribution in [2.24, 2.45) is 5.73 Å². The molecular weight excluding hydrogens is 122 g/mol. The van der Waals surface area contributed by atoms with Gasteiger partial charge >= 0.3 is 0 Å². The molecule has 0 amide bonds. The van der Waals surface area contributed by atoms with E-state index in [9.17, 15) is 0 Å². The van der Waals surface area contributed by atoms with Gasteiger partial charge in [-0.3, -0.25) is 0 Å². The molecule has 0 spiro atoms. The van der Waals surface area contributed by atoms with Gasteiger partial charge in [0.1, 0.15) is 0 Å².